The minimum atomic E-state index is -0.780. The largest absolute Gasteiger partial charge is 0.351 e. The van der Waals surface area contributed by atoms with Gasteiger partial charge >= 0.3 is 0 Å². The van der Waals surface area contributed by atoms with Gasteiger partial charge in [0.2, 0.25) is 0 Å². The predicted molar refractivity (Wildman–Crippen MR) is 66.4 cm³/mol. The molecule has 0 heterocycles. The van der Waals surface area contributed by atoms with E-state index in [9.17, 15) is 4.79 Å². The molecule has 17 heavy (non-hydrogen) atoms. The summed E-state index contributed by atoms with van der Waals surface area (Å²) in [6.45, 7) is 5.67. The lowest BCUT2D eigenvalue weighted by molar-refractivity contribution is -0.425. The molecule has 4 heteroatoms. The summed E-state index contributed by atoms with van der Waals surface area (Å²) < 4.78 is 5.08. The predicted octanol–water partition coefficient (Wildman–Crippen LogP) is 3.02. The molecule has 0 aliphatic rings. The van der Waals surface area contributed by atoms with E-state index in [1.54, 1.807) is 27.0 Å². The molecular formula is C13H24O4. The molecule has 0 saturated heterocycles. The maximum Gasteiger partial charge on any atom is 0.195 e. The number of allylic oxidation sites excluding steroid dienone is 1. The Kier molecular flexibility index (Phi) is 8.94. The van der Waals surface area contributed by atoms with Crippen LogP contribution in [-0.2, 0) is 19.3 Å². The van der Waals surface area contributed by atoms with E-state index in [4.69, 9.17) is 14.5 Å². The van der Waals surface area contributed by atoms with Crippen molar-refractivity contribution in [3.05, 3.63) is 12.2 Å². The van der Waals surface area contributed by atoms with Gasteiger partial charge in [-0.2, -0.15) is 0 Å². The number of hydrogen-bond acceptors (Lipinski definition) is 4. The first-order valence-electron chi connectivity index (χ1n) is 6.07. The molecule has 0 aromatic carbocycles. The molecule has 0 amide bonds. The lowest BCUT2D eigenvalue weighted by atomic mass is 10.1. The van der Waals surface area contributed by atoms with E-state index in [0.717, 1.165) is 32.0 Å². The van der Waals surface area contributed by atoms with Crippen molar-refractivity contribution in [2.45, 2.75) is 58.3 Å². The molecule has 0 aliphatic carbocycles. The van der Waals surface area contributed by atoms with Crippen LogP contribution in [-0.4, -0.2) is 25.3 Å². The molecular weight excluding hydrogens is 220 g/mol. The maximum atomic E-state index is 10.3. The van der Waals surface area contributed by atoms with Gasteiger partial charge in [-0.1, -0.05) is 26.2 Å². The molecule has 0 bridgehead atoms. The maximum absolute atomic E-state index is 10.3. The van der Waals surface area contributed by atoms with Crippen LogP contribution in [0.15, 0.2) is 12.2 Å². The minimum absolute atomic E-state index is 0.207. The van der Waals surface area contributed by atoms with E-state index < -0.39 is 5.79 Å². The number of methoxy groups -OCH3 is 1. The van der Waals surface area contributed by atoms with E-state index in [2.05, 4.69) is 6.92 Å². The summed E-state index contributed by atoms with van der Waals surface area (Å²) in [5.41, 5.74) is 0. The highest BCUT2D eigenvalue weighted by Gasteiger charge is 2.20. The Labute approximate surface area is 104 Å². The van der Waals surface area contributed by atoms with Crippen molar-refractivity contribution in [2.75, 3.05) is 7.11 Å². The second-order valence-corrected chi connectivity index (χ2v) is 4.34. The van der Waals surface area contributed by atoms with Gasteiger partial charge in [-0.3, -0.25) is 4.79 Å². The molecule has 0 aromatic rings. The molecule has 4 nitrogen and oxygen atoms in total. The summed E-state index contributed by atoms with van der Waals surface area (Å²) >= 11 is 0. The zero-order valence-electron chi connectivity index (χ0n) is 11.3. The van der Waals surface area contributed by atoms with E-state index in [1.807, 2.05) is 0 Å². The highest BCUT2D eigenvalue weighted by molar-refractivity contribution is 5.64. The van der Waals surface area contributed by atoms with Crippen molar-refractivity contribution in [3.8, 4) is 0 Å². The smallest absolute Gasteiger partial charge is 0.195 e. The topological polar surface area (TPSA) is 44.8 Å². The molecule has 0 spiro atoms. The summed E-state index contributed by atoms with van der Waals surface area (Å²) in [5.74, 6) is -0.780. The average Bonchev–Trinajstić information content (AvgIpc) is 2.32. The van der Waals surface area contributed by atoms with Crippen LogP contribution in [0.4, 0.5) is 0 Å². The average molecular weight is 244 g/mol. The quantitative estimate of drug-likeness (QED) is 0.148. The van der Waals surface area contributed by atoms with Gasteiger partial charge in [-0.25, -0.2) is 9.78 Å². The van der Waals surface area contributed by atoms with Gasteiger partial charge in [0.1, 0.15) is 12.4 Å². The molecule has 1 atom stereocenters. The van der Waals surface area contributed by atoms with Crippen LogP contribution in [0.2, 0.25) is 0 Å². The second kappa shape index (κ2) is 9.33. The van der Waals surface area contributed by atoms with Gasteiger partial charge in [0.05, 0.1) is 0 Å². The number of hydrogen-bond donors (Lipinski definition) is 0. The summed E-state index contributed by atoms with van der Waals surface area (Å²) in [5, 5.41) is 0. The highest BCUT2D eigenvalue weighted by atomic mass is 17.2. The van der Waals surface area contributed by atoms with E-state index in [1.165, 1.54) is 6.08 Å². The lowest BCUT2D eigenvalue weighted by Crippen LogP contribution is -2.29. The highest BCUT2D eigenvalue weighted by Crippen LogP contribution is 2.15. The number of aldehydes is 1. The fraction of sp³-hybridized carbons (Fsp3) is 0.769. The van der Waals surface area contributed by atoms with Gasteiger partial charge < -0.3 is 4.74 Å². The third-order valence-corrected chi connectivity index (χ3v) is 2.36. The summed E-state index contributed by atoms with van der Waals surface area (Å²) in [6.07, 6.45) is 7.82. The standard InChI is InChI=1S/C13H24O4/c1-5-6-7-9-12(10-8-11-14)16-17-13(2,3)15-4/h8,10-12H,5-7,9H2,1-4H3/b10-8+/t12-/m0/s1. The first kappa shape index (κ1) is 16.3. The Bertz CT molecular complexity index is 223. The molecule has 0 aromatic heterocycles. The first-order valence-corrected chi connectivity index (χ1v) is 6.07. The number of ether oxygens (including phenoxy) is 1. The Morgan fingerprint density at radius 3 is 2.53 bits per heavy atom. The second-order valence-electron chi connectivity index (χ2n) is 4.34. The van der Waals surface area contributed by atoms with Gasteiger partial charge in [0.25, 0.3) is 0 Å². The minimum Gasteiger partial charge on any atom is -0.351 e. The van der Waals surface area contributed by atoms with Crippen LogP contribution in [0.25, 0.3) is 0 Å². The third kappa shape index (κ3) is 9.03. The van der Waals surface area contributed by atoms with Gasteiger partial charge in [0.15, 0.2) is 5.79 Å². The van der Waals surface area contributed by atoms with Crippen LogP contribution in [0.5, 0.6) is 0 Å². The van der Waals surface area contributed by atoms with E-state index >= 15 is 0 Å². The summed E-state index contributed by atoms with van der Waals surface area (Å²) in [6, 6.07) is 0. The molecule has 0 radical (unpaired) electrons. The molecule has 0 N–H and O–H groups in total. The number of carbonyl (C=O) groups excluding carboxylic acids is 1. The molecule has 0 unspecified atom stereocenters. The van der Waals surface area contributed by atoms with E-state index in [0.29, 0.717) is 0 Å². The number of rotatable bonds is 10. The van der Waals surface area contributed by atoms with Gasteiger partial charge in [0, 0.05) is 7.11 Å². The Hall–Kier alpha value is -0.710. The molecule has 100 valence electrons. The van der Waals surface area contributed by atoms with Crippen LogP contribution in [0, 0.1) is 0 Å². The van der Waals surface area contributed by atoms with Crippen LogP contribution >= 0.6 is 0 Å². The van der Waals surface area contributed by atoms with Crippen LogP contribution < -0.4 is 0 Å². The Balaban J connectivity index is 4.09. The normalized spacial score (nSPS) is 14.1. The molecule has 0 aliphatic heterocycles. The van der Waals surface area contributed by atoms with Gasteiger partial charge in [-0.15, -0.1) is 0 Å². The monoisotopic (exact) mass is 244 g/mol. The molecule has 0 rings (SSSR count). The zero-order chi connectivity index (χ0) is 13.1. The fourth-order valence-corrected chi connectivity index (χ4v) is 1.15. The fourth-order valence-electron chi connectivity index (χ4n) is 1.15. The Morgan fingerprint density at radius 2 is 2.00 bits per heavy atom. The third-order valence-electron chi connectivity index (χ3n) is 2.36. The SMILES string of the molecule is CCCCC[C@@H](/C=C/C=O)OOC(C)(C)OC. The van der Waals surface area contributed by atoms with Crippen molar-refractivity contribution in [2.24, 2.45) is 0 Å². The van der Waals surface area contributed by atoms with Crippen LogP contribution in [0.1, 0.15) is 46.5 Å². The lowest BCUT2D eigenvalue weighted by Gasteiger charge is -2.24. The van der Waals surface area contributed by atoms with Crippen molar-refractivity contribution in [1.29, 1.82) is 0 Å². The first-order chi connectivity index (χ1) is 8.05. The van der Waals surface area contributed by atoms with Crippen molar-refractivity contribution >= 4 is 6.29 Å². The Morgan fingerprint density at radius 1 is 1.29 bits per heavy atom. The molecule has 0 saturated carbocycles. The van der Waals surface area contributed by atoms with Crippen molar-refractivity contribution < 1.29 is 19.3 Å². The van der Waals surface area contributed by atoms with Crippen LogP contribution in [0.3, 0.4) is 0 Å². The van der Waals surface area contributed by atoms with E-state index in [-0.39, 0.29) is 6.10 Å². The van der Waals surface area contributed by atoms with Gasteiger partial charge in [-0.05, 0) is 32.4 Å². The van der Waals surface area contributed by atoms with Crippen molar-refractivity contribution in [1.82, 2.24) is 0 Å². The number of unbranched alkanes of at least 4 members (excludes halogenated alkanes) is 2. The number of carbonyl (C=O) groups is 1. The summed E-state index contributed by atoms with van der Waals surface area (Å²) in [4.78, 5) is 20.7. The molecule has 0 fully saturated rings. The summed E-state index contributed by atoms with van der Waals surface area (Å²) in [7, 11) is 1.55. The zero-order valence-corrected chi connectivity index (χ0v) is 11.3. The van der Waals surface area contributed by atoms with Crippen molar-refractivity contribution in [3.63, 3.8) is 0 Å².